The summed E-state index contributed by atoms with van der Waals surface area (Å²) in [6.45, 7) is 2.02. The van der Waals surface area contributed by atoms with E-state index in [9.17, 15) is 14.4 Å². The Morgan fingerprint density at radius 1 is 1.24 bits per heavy atom. The van der Waals surface area contributed by atoms with Gasteiger partial charge in [-0.05, 0) is 18.1 Å². The largest absolute Gasteiger partial charge is 0.465 e. The molecule has 0 fully saturated rings. The minimum atomic E-state index is -0.503. The van der Waals surface area contributed by atoms with Gasteiger partial charge in [0, 0.05) is 11.8 Å². The van der Waals surface area contributed by atoms with Crippen LogP contribution >= 0.6 is 0 Å². The van der Waals surface area contributed by atoms with Crippen LogP contribution in [0.1, 0.15) is 28.4 Å². The van der Waals surface area contributed by atoms with Crippen LogP contribution < -0.4 is 11.2 Å². The van der Waals surface area contributed by atoms with Crippen molar-refractivity contribution in [3.63, 3.8) is 0 Å². The van der Waals surface area contributed by atoms with E-state index in [1.165, 1.54) is 17.9 Å². The fourth-order valence-corrected chi connectivity index (χ4v) is 2.07. The highest BCUT2D eigenvalue weighted by Crippen LogP contribution is 2.11. The van der Waals surface area contributed by atoms with Gasteiger partial charge in [0.15, 0.2) is 0 Å². The summed E-state index contributed by atoms with van der Waals surface area (Å²) in [6.07, 6.45) is 2.05. The van der Waals surface area contributed by atoms with Gasteiger partial charge in [0.1, 0.15) is 0 Å². The van der Waals surface area contributed by atoms with Crippen LogP contribution in [0.4, 0.5) is 0 Å². The molecule has 6 heteroatoms. The molecule has 0 aliphatic heterocycles. The first-order chi connectivity index (χ1) is 10.1. The first-order valence-electron chi connectivity index (χ1n) is 6.55. The zero-order chi connectivity index (χ0) is 15.4. The molecule has 0 aliphatic rings. The van der Waals surface area contributed by atoms with Crippen molar-refractivity contribution in [3.8, 4) is 0 Å². The highest BCUT2D eigenvalue weighted by Gasteiger charge is 2.12. The number of nitrogens with one attached hydrogen (secondary N) is 1. The zero-order valence-electron chi connectivity index (χ0n) is 11.9. The van der Waals surface area contributed by atoms with Crippen molar-refractivity contribution >= 4 is 5.97 Å². The molecule has 0 spiro atoms. The molecule has 0 bridgehead atoms. The van der Waals surface area contributed by atoms with E-state index in [0.29, 0.717) is 23.1 Å². The predicted octanol–water partition coefficient (Wildman–Crippen LogP) is 0.934. The van der Waals surface area contributed by atoms with E-state index < -0.39 is 11.7 Å². The lowest BCUT2D eigenvalue weighted by Gasteiger charge is -2.10. The summed E-state index contributed by atoms with van der Waals surface area (Å²) >= 11 is 0. The topological polar surface area (TPSA) is 81.2 Å². The highest BCUT2D eigenvalue weighted by molar-refractivity contribution is 5.90. The SMILES string of the molecule is CCc1cn(Cc2ccccc2C(=O)OC)c(=O)[nH]c1=O. The molecule has 0 saturated carbocycles. The van der Waals surface area contributed by atoms with Gasteiger partial charge in [0.05, 0.1) is 19.2 Å². The lowest BCUT2D eigenvalue weighted by atomic mass is 10.1. The fourth-order valence-electron chi connectivity index (χ4n) is 2.07. The van der Waals surface area contributed by atoms with Gasteiger partial charge < -0.3 is 4.74 Å². The number of methoxy groups -OCH3 is 1. The average molecular weight is 288 g/mol. The molecule has 1 heterocycles. The number of esters is 1. The van der Waals surface area contributed by atoms with E-state index >= 15 is 0 Å². The number of aromatic nitrogens is 2. The van der Waals surface area contributed by atoms with E-state index in [2.05, 4.69) is 4.98 Å². The number of benzene rings is 1. The maximum Gasteiger partial charge on any atom is 0.338 e. The van der Waals surface area contributed by atoms with E-state index in [1.54, 1.807) is 24.3 Å². The first-order valence-corrected chi connectivity index (χ1v) is 6.55. The predicted molar refractivity (Wildman–Crippen MR) is 77.6 cm³/mol. The smallest absolute Gasteiger partial charge is 0.338 e. The molecule has 1 aromatic heterocycles. The van der Waals surface area contributed by atoms with Crippen LogP contribution in [-0.2, 0) is 17.7 Å². The Bertz CT molecular complexity index is 774. The van der Waals surface area contributed by atoms with Gasteiger partial charge in [0.25, 0.3) is 5.56 Å². The van der Waals surface area contributed by atoms with E-state index in [4.69, 9.17) is 4.74 Å². The van der Waals surface area contributed by atoms with E-state index in [-0.39, 0.29) is 12.1 Å². The van der Waals surface area contributed by atoms with Gasteiger partial charge in [-0.3, -0.25) is 14.3 Å². The second-order valence-corrected chi connectivity index (χ2v) is 4.54. The summed E-state index contributed by atoms with van der Waals surface area (Å²) in [7, 11) is 1.31. The molecule has 6 nitrogen and oxygen atoms in total. The maximum absolute atomic E-state index is 11.9. The Morgan fingerprint density at radius 3 is 2.62 bits per heavy atom. The summed E-state index contributed by atoms with van der Waals surface area (Å²) in [5.74, 6) is -0.459. The van der Waals surface area contributed by atoms with Gasteiger partial charge in [-0.1, -0.05) is 25.1 Å². The Labute approximate surface area is 121 Å². The Balaban J connectivity index is 2.46. The molecule has 1 N–H and O–H groups in total. The van der Waals surface area contributed by atoms with Crippen LogP contribution in [0.15, 0.2) is 40.1 Å². The van der Waals surface area contributed by atoms with Crippen LogP contribution in [0.3, 0.4) is 0 Å². The molecule has 0 unspecified atom stereocenters. The third-order valence-electron chi connectivity index (χ3n) is 3.23. The second-order valence-electron chi connectivity index (χ2n) is 4.54. The van der Waals surface area contributed by atoms with Gasteiger partial charge >= 0.3 is 11.7 Å². The summed E-state index contributed by atoms with van der Waals surface area (Å²) in [6, 6.07) is 6.89. The minimum absolute atomic E-state index is 0.188. The molecule has 1 aromatic carbocycles. The van der Waals surface area contributed by atoms with Gasteiger partial charge in [-0.15, -0.1) is 0 Å². The summed E-state index contributed by atoms with van der Waals surface area (Å²) in [5, 5.41) is 0. The molecule has 110 valence electrons. The average Bonchev–Trinajstić information content (AvgIpc) is 2.49. The van der Waals surface area contributed by atoms with Crippen molar-refractivity contribution in [1.82, 2.24) is 9.55 Å². The third-order valence-corrected chi connectivity index (χ3v) is 3.23. The number of hydrogen-bond acceptors (Lipinski definition) is 4. The minimum Gasteiger partial charge on any atom is -0.465 e. The van der Waals surface area contributed by atoms with Crippen LogP contribution in [0.25, 0.3) is 0 Å². The molecule has 0 saturated heterocycles. The number of H-pyrrole nitrogens is 1. The molecule has 0 aliphatic carbocycles. The van der Waals surface area contributed by atoms with Gasteiger partial charge in [-0.25, -0.2) is 9.59 Å². The third kappa shape index (κ3) is 3.10. The van der Waals surface area contributed by atoms with Crippen LogP contribution in [0.5, 0.6) is 0 Å². The van der Waals surface area contributed by atoms with Crippen LogP contribution in [0.2, 0.25) is 0 Å². The van der Waals surface area contributed by atoms with Crippen molar-refractivity contribution in [2.75, 3.05) is 7.11 Å². The lowest BCUT2D eigenvalue weighted by molar-refractivity contribution is 0.0599. The number of ether oxygens (including phenoxy) is 1. The molecule has 2 rings (SSSR count). The van der Waals surface area contributed by atoms with E-state index in [0.717, 1.165) is 0 Å². The maximum atomic E-state index is 11.9. The van der Waals surface area contributed by atoms with Crippen molar-refractivity contribution in [2.45, 2.75) is 19.9 Å². The quantitative estimate of drug-likeness (QED) is 0.849. The van der Waals surface area contributed by atoms with Crippen molar-refractivity contribution < 1.29 is 9.53 Å². The van der Waals surface area contributed by atoms with Crippen molar-refractivity contribution in [3.05, 3.63) is 68.0 Å². The van der Waals surface area contributed by atoms with Crippen molar-refractivity contribution in [1.29, 1.82) is 0 Å². The van der Waals surface area contributed by atoms with Gasteiger partial charge in [-0.2, -0.15) is 0 Å². The van der Waals surface area contributed by atoms with Crippen molar-refractivity contribution in [2.24, 2.45) is 0 Å². The molecule has 0 atom stereocenters. The first kappa shape index (κ1) is 14.8. The number of hydrogen-bond donors (Lipinski definition) is 1. The zero-order valence-corrected chi connectivity index (χ0v) is 11.9. The van der Waals surface area contributed by atoms with Crippen LogP contribution in [-0.4, -0.2) is 22.6 Å². The Hall–Kier alpha value is -2.63. The fraction of sp³-hybridized carbons (Fsp3) is 0.267. The lowest BCUT2D eigenvalue weighted by Crippen LogP contribution is -2.32. The highest BCUT2D eigenvalue weighted by atomic mass is 16.5. The number of rotatable bonds is 4. The molecule has 21 heavy (non-hydrogen) atoms. The van der Waals surface area contributed by atoms with E-state index in [1.807, 2.05) is 6.92 Å². The number of aromatic amines is 1. The standard InChI is InChI=1S/C15H16N2O4/c1-3-10-8-17(15(20)16-13(10)18)9-11-6-4-5-7-12(11)14(19)21-2/h4-8H,3,9H2,1-2H3,(H,16,18,20). The summed E-state index contributed by atoms with van der Waals surface area (Å²) in [5.41, 5.74) is 0.693. The molecule has 2 aromatic rings. The molecule has 0 amide bonds. The van der Waals surface area contributed by atoms with Gasteiger partial charge in [0.2, 0.25) is 0 Å². The monoisotopic (exact) mass is 288 g/mol. The second kappa shape index (κ2) is 6.21. The molecular formula is C15H16N2O4. The number of aryl methyl sites for hydroxylation is 1. The Kier molecular flexibility index (Phi) is 4.37. The summed E-state index contributed by atoms with van der Waals surface area (Å²) < 4.78 is 6.10. The molecule has 0 radical (unpaired) electrons. The summed E-state index contributed by atoms with van der Waals surface area (Å²) in [4.78, 5) is 37.4. The number of carbonyl (C=O) groups excluding carboxylic acids is 1. The number of nitrogens with zero attached hydrogens (tertiary/aromatic N) is 1. The normalized spacial score (nSPS) is 10.4. The van der Waals surface area contributed by atoms with Crippen LogP contribution in [0, 0.1) is 0 Å². The molecular weight excluding hydrogens is 272 g/mol. The Morgan fingerprint density at radius 2 is 1.95 bits per heavy atom. The number of carbonyl (C=O) groups is 1.